The maximum absolute atomic E-state index is 13.1. The van der Waals surface area contributed by atoms with E-state index in [-0.39, 0.29) is 23.5 Å². The van der Waals surface area contributed by atoms with Gasteiger partial charge in [-0.25, -0.2) is 13.4 Å². The van der Waals surface area contributed by atoms with Crippen LogP contribution in [0.2, 0.25) is 0 Å². The molecule has 1 fully saturated rings. The zero-order valence-electron chi connectivity index (χ0n) is 14.9. The van der Waals surface area contributed by atoms with E-state index in [0.717, 1.165) is 0 Å². The monoisotopic (exact) mass is 403 g/mol. The highest BCUT2D eigenvalue weighted by molar-refractivity contribution is 7.89. The second-order valence-electron chi connectivity index (χ2n) is 6.49. The summed E-state index contributed by atoms with van der Waals surface area (Å²) >= 11 is 0. The third kappa shape index (κ3) is 4.30. The number of sulfonamides is 1. The van der Waals surface area contributed by atoms with Crippen LogP contribution in [-0.4, -0.2) is 59.0 Å². The second kappa shape index (κ2) is 7.21. The van der Waals surface area contributed by atoms with Gasteiger partial charge in [0.1, 0.15) is 5.82 Å². The second-order valence-corrected chi connectivity index (χ2v) is 8.43. The van der Waals surface area contributed by atoms with Gasteiger partial charge < -0.3 is 0 Å². The van der Waals surface area contributed by atoms with Crippen LogP contribution in [0, 0.1) is 13.8 Å². The predicted molar refractivity (Wildman–Crippen MR) is 91.3 cm³/mol. The van der Waals surface area contributed by atoms with Crippen LogP contribution in [0.25, 0.3) is 0 Å². The van der Waals surface area contributed by atoms with Crippen molar-refractivity contribution in [3.63, 3.8) is 0 Å². The topological polar surface area (TPSA) is 82.2 Å². The Bertz CT molecular complexity index is 918. The Kier molecular flexibility index (Phi) is 5.28. The summed E-state index contributed by atoms with van der Waals surface area (Å²) in [6.45, 7) is 4.87. The average Bonchev–Trinajstić information content (AvgIpc) is 2.99. The third-order valence-electron chi connectivity index (χ3n) is 4.49. The minimum absolute atomic E-state index is 0.00642. The smallest absolute Gasteiger partial charge is 0.293 e. The van der Waals surface area contributed by atoms with Gasteiger partial charge in [0.15, 0.2) is 5.82 Å². The number of benzene rings is 1. The van der Waals surface area contributed by atoms with E-state index in [4.69, 9.17) is 0 Å². The molecule has 0 saturated carbocycles. The lowest BCUT2D eigenvalue weighted by molar-refractivity contribution is -0.138. The summed E-state index contributed by atoms with van der Waals surface area (Å²) in [7, 11) is -3.98. The summed E-state index contributed by atoms with van der Waals surface area (Å²) < 4.78 is 66.0. The lowest BCUT2D eigenvalue weighted by Gasteiger charge is -2.33. The standard InChI is InChI=1S/C16H20F3N5O2S/c1-11-3-4-13(9-14(11)16(17,18)19)27(25,26)24-7-5-23(6-8-24)10-15-20-12(2)21-22-15/h3-4,9H,5-8,10H2,1-2H3,(H,20,21,22). The Labute approximate surface area is 155 Å². The molecule has 0 aliphatic carbocycles. The number of nitrogens with one attached hydrogen (secondary N) is 1. The van der Waals surface area contributed by atoms with Gasteiger partial charge in [0, 0.05) is 26.2 Å². The largest absolute Gasteiger partial charge is 0.416 e. The molecule has 0 radical (unpaired) electrons. The number of H-pyrrole nitrogens is 1. The lowest BCUT2D eigenvalue weighted by atomic mass is 10.1. The van der Waals surface area contributed by atoms with E-state index in [0.29, 0.717) is 37.3 Å². The molecule has 11 heteroatoms. The molecular weight excluding hydrogens is 383 g/mol. The molecule has 27 heavy (non-hydrogen) atoms. The van der Waals surface area contributed by atoms with Gasteiger partial charge in [-0.05, 0) is 31.5 Å². The average molecular weight is 403 g/mol. The summed E-state index contributed by atoms with van der Waals surface area (Å²) in [5, 5.41) is 6.80. The molecule has 7 nitrogen and oxygen atoms in total. The van der Waals surface area contributed by atoms with E-state index in [1.165, 1.54) is 23.4 Å². The molecule has 148 valence electrons. The number of aromatic amines is 1. The molecule has 0 amide bonds. The van der Waals surface area contributed by atoms with Crippen molar-refractivity contribution in [3.05, 3.63) is 41.0 Å². The van der Waals surface area contributed by atoms with Gasteiger partial charge in [-0.3, -0.25) is 10.00 Å². The highest BCUT2D eigenvalue weighted by Crippen LogP contribution is 2.33. The summed E-state index contributed by atoms with van der Waals surface area (Å²) in [6.07, 6.45) is -4.59. The summed E-state index contributed by atoms with van der Waals surface area (Å²) in [4.78, 5) is 5.88. The van der Waals surface area contributed by atoms with Crippen molar-refractivity contribution >= 4 is 10.0 Å². The highest BCUT2D eigenvalue weighted by atomic mass is 32.2. The van der Waals surface area contributed by atoms with Crippen molar-refractivity contribution in [1.29, 1.82) is 0 Å². The SMILES string of the molecule is Cc1nc(CN2CCN(S(=O)(=O)c3ccc(C)c(C(F)(F)F)c3)CC2)n[nH]1. The number of hydrogen-bond acceptors (Lipinski definition) is 5. The van der Waals surface area contributed by atoms with Crippen molar-refractivity contribution in [2.45, 2.75) is 31.5 Å². The van der Waals surface area contributed by atoms with Gasteiger partial charge >= 0.3 is 6.18 Å². The van der Waals surface area contributed by atoms with Gasteiger partial charge in [0.2, 0.25) is 10.0 Å². The predicted octanol–water partition coefficient (Wildman–Crippen LogP) is 1.95. The number of halogens is 3. The van der Waals surface area contributed by atoms with E-state index in [1.54, 1.807) is 6.92 Å². The van der Waals surface area contributed by atoms with Crippen molar-refractivity contribution < 1.29 is 21.6 Å². The fourth-order valence-electron chi connectivity index (χ4n) is 3.00. The van der Waals surface area contributed by atoms with Crippen LogP contribution < -0.4 is 0 Å². The number of aromatic nitrogens is 3. The molecule has 3 rings (SSSR count). The van der Waals surface area contributed by atoms with Crippen molar-refractivity contribution in [3.8, 4) is 0 Å². The first-order valence-corrected chi connectivity index (χ1v) is 9.79. The van der Waals surface area contributed by atoms with Gasteiger partial charge in [0.05, 0.1) is 17.0 Å². The molecule has 0 spiro atoms. The Hall–Kier alpha value is -1.98. The number of rotatable bonds is 4. The summed E-state index contributed by atoms with van der Waals surface area (Å²) in [5.74, 6) is 1.32. The zero-order valence-corrected chi connectivity index (χ0v) is 15.7. The van der Waals surface area contributed by atoms with Gasteiger partial charge in [-0.1, -0.05) is 6.07 Å². The van der Waals surface area contributed by atoms with Crippen LogP contribution >= 0.6 is 0 Å². The zero-order chi connectivity index (χ0) is 19.8. The molecule has 2 heterocycles. The Morgan fingerprint density at radius 2 is 1.81 bits per heavy atom. The van der Waals surface area contributed by atoms with Crippen LogP contribution in [0.15, 0.2) is 23.1 Å². The van der Waals surface area contributed by atoms with Gasteiger partial charge in [-0.2, -0.15) is 22.6 Å². The van der Waals surface area contributed by atoms with E-state index in [2.05, 4.69) is 15.2 Å². The molecule has 0 atom stereocenters. The number of nitrogens with zero attached hydrogens (tertiary/aromatic N) is 4. The van der Waals surface area contributed by atoms with E-state index in [1.807, 2.05) is 4.90 Å². The normalized spacial score (nSPS) is 17.4. The van der Waals surface area contributed by atoms with E-state index < -0.39 is 21.8 Å². The van der Waals surface area contributed by atoms with Crippen molar-refractivity contribution in [2.24, 2.45) is 0 Å². The third-order valence-corrected chi connectivity index (χ3v) is 6.39. The number of hydrogen-bond donors (Lipinski definition) is 1. The maximum Gasteiger partial charge on any atom is 0.416 e. The quantitative estimate of drug-likeness (QED) is 0.844. The van der Waals surface area contributed by atoms with E-state index >= 15 is 0 Å². The fraction of sp³-hybridized carbons (Fsp3) is 0.500. The lowest BCUT2D eigenvalue weighted by Crippen LogP contribution is -2.48. The first-order chi connectivity index (χ1) is 12.6. The molecule has 0 bridgehead atoms. The Morgan fingerprint density at radius 1 is 1.15 bits per heavy atom. The molecule has 1 aliphatic heterocycles. The fourth-order valence-corrected chi connectivity index (χ4v) is 4.45. The summed E-state index contributed by atoms with van der Waals surface area (Å²) in [5.41, 5.74) is -0.935. The van der Waals surface area contributed by atoms with Gasteiger partial charge in [0.25, 0.3) is 0 Å². The van der Waals surface area contributed by atoms with Crippen LogP contribution in [0.5, 0.6) is 0 Å². The molecule has 0 unspecified atom stereocenters. The number of aryl methyl sites for hydroxylation is 2. The molecule has 1 aromatic carbocycles. The van der Waals surface area contributed by atoms with E-state index in [9.17, 15) is 21.6 Å². The van der Waals surface area contributed by atoms with Crippen LogP contribution in [-0.2, 0) is 22.7 Å². The Morgan fingerprint density at radius 3 is 2.37 bits per heavy atom. The minimum atomic E-state index is -4.59. The van der Waals surface area contributed by atoms with Crippen molar-refractivity contribution in [1.82, 2.24) is 24.4 Å². The Balaban J connectivity index is 1.72. The number of alkyl halides is 3. The van der Waals surface area contributed by atoms with Gasteiger partial charge in [-0.15, -0.1) is 0 Å². The number of piperazine rings is 1. The van der Waals surface area contributed by atoms with Crippen molar-refractivity contribution in [2.75, 3.05) is 26.2 Å². The summed E-state index contributed by atoms with van der Waals surface area (Å²) in [6, 6.07) is 3.13. The molecular formula is C16H20F3N5O2S. The van der Waals surface area contributed by atoms with Crippen LogP contribution in [0.3, 0.4) is 0 Å². The highest BCUT2D eigenvalue weighted by Gasteiger charge is 2.35. The molecule has 1 aromatic heterocycles. The molecule has 2 aromatic rings. The van der Waals surface area contributed by atoms with Crippen LogP contribution in [0.1, 0.15) is 22.8 Å². The van der Waals surface area contributed by atoms with Crippen LogP contribution in [0.4, 0.5) is 13.2 Å². The minimum Gasteiger partial charge on any atom is -0.293 e. The molecule has 1 saturated heterocycles. The first-order valence-electron chi connectivity index (χ1n) is 8.35. The molecule has 1 N–H and O–H groups in total. The first kappa shape index (κ1) is 19.8. The molecule has 1 aliphatic rings. The maximum atomic E-state index is 13.1.